The van der Waals surface area contributed by atoms with E-state index < -0.39 is 0 Å². The molecule has 0 aliphatic rings. The van der Waals surface area contributed by atoms with Gasteiger partial charge in [-0.15, -0.1) is 0 Å². The van der Waals surface area contributed by atoms with E-state index in [4.69, 9.17) is 37.1 Å². The van der Waals surface area contributed by atoms with Gasteiger partial charge in [-0.25, -0.2) is 0 Å². The Morgan fingerprint density at radius 1 is 1.30 bits per heavy atom. The maximum Gasteiger partial charge on any atom is 0.259 e. The molecular weight excluding hydrogens is 341 g/mol. The van der Waals surface area contributed by atoms with Crippen LogP contribution in [0.3, 0.4) is 0 Å². The summed E-state index contributed by atoms with van der Waals surface area (Å²) >= 11 is 11.1. The number of methoxy groups -OCH3 is 1. The van der Waals surface area contributed by atoms with E-state index in [1.165, 1.54) is 19.4 Å². The smallest absolute Gasteiger partial charge is 0.259 e. The molecule has 1 amide bonds. The molecule has 7 heteroatoms. The molecule has 1 aromatic carbocycles. The van der Waals surface area contributed by atoms with E-state index in [0.29, 0.717) is 28.5 Å². The van der Waals surface area contributed by atoms with Crippen molar-refractivity contribution in [2.45, 2.75) is 6.92 Å². The Labute approximate surface area is 143 Å². The second-order valence-electron chi connectivity index (χ2n) is 4.51. The van der Waals surface area contributed by atoms with Crippen molar-refractivity contribution in [2.75, 3.05) is 19.0 Å². The van der Waals surface area contributed by atoms with Crippen molar-refractivity contribution in [3.05, 3.63) is 52.4 Å². The van der Waals surface area contributed by atoms with Gasteiger partial charge >= 0.3 is 0 Å². The molecule has 0 fully saturated rings. The van der Waals surface area contributed by atoms with E-state index in [1.54, 1.807) is 31.2 Å². The van der Waals surface area contributed by atoms with E-state index >= 15 is 0 Å². The molecule has 1 heterocycles. The van der Waals surface area contributed by atoms with Gasteiger partial charge in [0, 0.05) is 11.8 Å². The topological polar surface area (TPSA) is 60.7 Å². The van der Waals surface area contributed by atoms with Gasteiger partial charge in [0.15, 0.2) is 11.5 Å². The van der Waals surface area contributed by atoms with Gasteiger partial charge in [-0.2, -0.15) is 0 Å². The van der Waals surface area contributed by atoms with Crippen LogP contribution in [0.1, 0.15) is 16.1 Å². The molecule has 0 radical (unpaired) electrons. The lowest BCUT2D eigenvalue weighted by Crippen LogP contribution is -2.12. The lowest BCUT2D eigenvalue weighted by molar-refractivity contribution is 0.102. The zero-order valence-electron chi connectivity index (χ0n) is 12.6. The van der Waals surface area contributed by atoms with Gasteiger partial charge < -0.3 is 19.2 Å². The number of amides is 1. The van der Waals surface area contributed by atoms with Gasteiger partial charge in [-0.05, 0) is 31.2 Å². The Hall–Kier alpha value is -2.11. The molecule has 0 saturated carbocycles. The molecule has 1 N–H and O–H groups in total. The van der Waals surface area contributed by atoms with E-state index in [2.05, 4.69) is 5.32 Å². The molecule has 0 unspecified atom stereocenters. The maximum absolute atomic E-state index is 12.2. The number of benzene rings is 1. The van der Waals surface area contributed by atoms with Crippen molar-refractivity contribution in [3.63, 3.8) is 0 Å². The first kappa shape index (κ1) is 17.2. The fraction of sp³-hybridized carbons (Fsp3) is 0.188. The molecule has 122 valence electrons. The molecule has 0 atom stereocenters. The zero-order chi connectivity index (χ0) is 16.8. The first-order valence-corrected chi connectivity index (χ1v) is 7.44. The third-order valence-electron chi connectivity index (χ3n) is 3.00. The summed E-state index contributed by atoms with van der Waals surface area (Å²) in [6.07, 6.45) is 2.97. The number of carbonyl (C=O) groups is 1. The first-order valence-electron chi connectivity index (χ1n) is 6.68. The molecule has 2 rings (SSSR count). The zero-order valence-corrected chi connectivity index (χ0v) is 14.1. The van der Waals surface area contributed by atoms with Crippen LogP contribution >= 0.6 is 23.2 Å². The summed E-state index contributed by atoms with van der Waals surface area (Å²) in [6.45, 7) is 1.90. The number of carbonyl (C=O) groups excluding carboxylic acids is 1. The molecule has 1 aromatic heterocycles. The fourth-order valence-electron chi connectivity index (χ4n) is 1.88. The summed E-state index contributed by atoms with van der Waals surface area (Å²) in [5.41, 5.74) is 1.03. The summed E-state index contributed by atoms with van der Waals surface area (Å²) in [6, 6.07) is 6.67. The van der Waals surface area contributed by atoms with Gasteiger partial charge in [0.2, 0.25) is 0 Å². The highest BCUT2D eigenvalue weighted by atomic mass is 35.5. The molecule has 0 aliphatic carbocycles. The van der Waals surface area contributed by atoms with Crippen LogP contribution in [0, 0.1) is 6.92 Å². The monoisotopic (exact) mass is 355 g/mol. The fourth-order valence-corrected chi connectivity index (χ4v) is 2.01. The minimum absolute atomic E-state index is 0.115. The molecular formula is C16H15Cl2NO4. The number of furan rings is 1. The Kier molecular flexibility index (Phi) is 5.96. The Balaban J connectivity index is 2.15. The van der Waals surface area contributed by atoms with Gasteiger partial charge in [-0.3, -0.25) is 4.79 Å². The quantitative estimate of drug-likeness (QED) is 0.825. The van der Waals surface area contributed by atoms with Gasteiger partial charge in [0.25, 0.3) is 5.91 Å². The molecule has 5 nitrogen and oxygen atoms in total. The minimum Gasteiger partial charge on any atom is -0.493 e. The number of rotatable bonds is 6. The molecule has 0 spiro atoms. The minimum atomic E-state index is -0.268. The Morgan fingerprint density at radius 3 is 2.70 bits per heavy atom. The Morgan fingerprint density at radius 2 is 2.09 bits per heavy atom. The normalized spacial score (nSPS) is 10.1. The van der Waals surface area contributed by atoms with Crippen LogP contribution in [-0.4, -0.2) is 19.6 Å². The average Bonchev–Trinajstić information content (AvgIpc) is 2.93. The predicted molar refractivity (Wildman–Crippen MR) is 89.7 cm³/mol. The number of hydrogen-bond donors (Lipinski definition) is 1. The van der Waals surface area contributed by atoms with Crippen molar-refractivity contribution in [1.82, 2.24) is 0 Å². The van der Waals surface area contributed by atoms with E-state index in [1.807, 2.05) is 0 Å². The standard InChI is InChI=1S/C16H15Cl2NO4/c1-10-12(5-7-22-10)16(20)19-11-3-4-13(21-2)14(9-11)23-8-6-15(17)18/h3-7,9H,8H2,1-2H3,(H,19,20). The number of hydrogen-bond acceptors (Lipinski definition) is 4. The first-order chi connectivity index (χ1) is 11.0. The Bertz CT molecular complexity index is 721. The van der Waals surface area contributed by atoms with E-state index in [9.17, 15) is 4.79 Å². The molecule has 0 saturated heterocycles. The van der Waals surface area contributed by atoms with Crippen molar-refractivity contribution in [3.8, 4) is 11.5 Å². The van der Waals surface area contributed by atoms with Crippen LogP contribution in [0.25, 0.3) is 0 Å². The lowest BCUT2D eigenvalue weighted by atomic mass is 10.2. The lowest BCUT2D eigenvalue weighted by Gasteiger charge is -2.12. The highest BCUT2D eigenvalue weighted by Gasteiger charge is 2.13. The summed E-state index contributed by atoms with van der Waals surface area (Å²) < 4.78 is 16.0. The van der Waals surface area contributed by atoms with E-state index in [-0.39, 0.29) is 17.0 Å². The van der Waals surface area contributed by atoms with Crippen LogP contribution in [0.5, 0.6) is 11.5 Å². The summed E-state index contributed by atoms with van der Waals surface area (Å²) in [4.78, 5) is 12.2. The third kappa shape index (κ3) is 4.68. The molecule has 23 heavy (non-hydrogen) atoms. The van der Waals surface area contributed by atoms with Crippen LogP contribution < -0.4 is 14.8 Å². The van der Waals surface area contributed by atoms with Crippen LogP contribution in [0.2, 0.25) is 0 Å². The highest BCUT2D eigenvalue weighted by Crippen LogP contribution is 2.30. The second-order valence-corrected chi connectivity index (χ2v) is 5.52. The van der Waals surface area contributed by atoms with E-state index in [0.717, 1.165) is 0 Å². The van der Waals surface area contributed by atoms with Crippen LogP contribution in [0.15, 0.2) is 45.5 Å². The number of nitrogens with one attached hydrogen (secondary N) is 1. The predicted octanol–water partition coefficient (Wildman–Crippen LogP) is 4.55. The van der Waals surface area contributed by atoms with Crippen molar-refractivity contribution in [2.24, 2.45) is 0 Å². The molecule has 2 aromatic rings. The maximum atomic E-state index is 12.2. The largest absolute Gasteiger partial charge is 0.493 e. The van der Waals surface area contributed by atoms with Crippen LogP contribution in [-0.2, 0) is 0 Å². The van der Waals surface area contributed by atoms with Crippen molar-refractivity contribution >= 4 is 34.8 Å². The SMILES string of the molecule is COc1ccc(NC(=O)c2ccoc2C)cc1OCC=C(Cl)Cl. The summed E-state index contributed by atoms with van der Waals surface area (Å²) in [7, 11) is 1.53. The highest BCUT2D eigenvalue weighted by molar-refractivity contribution is 6.55. The van der Waals surface area contributed by atoms with Gasteiger partial charge in [-0.1, -0.05) is 23.2 Å². The number of halogens is 2. The van der Waals surface area contributed by atoms with Crippen molar-refractivity contribution < 1.29 is 18.7 Å². The molecule has 0 aliphatic heterocycles. The van der Waals surface area contributed by atoms with Crippen LogP contribution in [0.4, 0.5) is 5.69 Å². The second kappa shape index (κ2) is 7.94. The third-order valence-corrected chi connectivity index (χ3v) is 3.31. The summed E-state index contributed by atoms with van der Waals surface area (Å²) in [5.74, 6) is 1.27. The van der Waals surface area contributed by atoms with Crippen molar-refractivity contribution in [1.29, 1.82) is 0 Å². The molecule has 0 bridgehead atoms. The van der Waals surface area contributed by atoms with Gasteiger partial charge in [0.1, 0.15) is 16.9 Å². The number of aryl methyl sites for hydroxylation is 1. The summed E-state index contributed by atoms with van der Waals surface area (Å²) in [5, 5.41) is 2.77. The van der Waals surface area contributed by atoms with Gasteiger partial charge in [0.05, 0.1) is 18.9 Å². The number of ether oxygens (including phenoxy) is 2. The average molecular weight is 356 g/mol. The number of anilines is 1.